The van der Waals surface area contributed by atoms with Crippen LogP contribution in [-0.2, 0) is 19.1 Å². The molecule has 0 amide bonds. The maximum atomic E-state index is 11.4. The molecule has 0 aliphatic rings. The summed E-state index contributed by atoms with van der Waals surface area (Å²) in [7, 11) is 2.46. The van der Waals surface area contributed by atoms with E-state index in [1.807, 2.05) is 6.07 Å². The van der Waals surface area contributed by atoms with Crippen molar-refractivity contribution in [1.29, 1.82) is 0 Å². The van der Waals surface area contributed by atoms with E-state index >= 15 is 0 Å². The highest BCUT2D eigenvalue weighted by molar-refractivity contribution is 5.96. The van der Waals surface area contributed by atoms with Crippen LogP contribution in [0.1, 0.15) is 0 Å². The van der Waals surface area contributed by atoms with E-state index in [-0.39, 0.29) is 12.2 Å². The summed E-state index contributed by atoms with van der Waals surface area (Å²) in [5.74, 6) is -0.666. The summed E-state index contributed by atoms with van der Waals surface area (Å²) in [5, 5.41) is 0. The van der Waals surface area contributed by atoms with Crippen molar-refractivity contribution in [3.63, 3.8) is 0 Å². The highest BCUT2D eigenvalue weighted by atomic mass is 16.5. The second-order valence-corrected chi connectivity index (χ2v) is 3.29. The lowest BCUT2D eigenvalue weighted by molar-refractivity contribution is -0.138. The number of carbonyl (C=O) groups is 2. The molecular weight excluding hydrogens is 236 g/mol. The monoisotopic (exact) mass is 250 g/mol. The normalized spacial score (nSPS) is 10.7. The molecule has 0 bridgehead atoms. The Morgan fingerprint density at radius 1 is 1.11 bits per heavy atom. The van der Waals surface area contributed by atoms with Gasteiger partial charge in [0, 0.05) is 6.08 Å². The van der Waals surface area contributed by atoms with Gasteiger partial charge in [0.2, 0.25) is 0 Å². The van der Waals surface area contributed by atoms with Crippen LogP contribution in [0, 0.1) is 0 Å². The molecule has 96 valence electrons. The number of para-hydroxylation sites is 1. The molecule has 0 saturated heterocycles. The smallest absolute Gasteiger partial charge is 0.337 e. The van der Waals surface area contributed by atoms with Crippen molar-refractivity contribution >= 4 is 11.9 Å². The Morgan fingerprint density at radius 2 is 1.78 bits per heavy atom. The minimum atomic E-state index is -0.632. The summed E-state index contributed by atoms with van der Waals surface area (Å²) in [6, 6.07) is 8.94. The summed E-state index contributed by atoms with van der Waals surface area (Å²) in [5.41, 5.74) is 0.0909. The van der Waals surface area contributed by atoms with Crippen molar-refractivity contribution in [3.8, 4) is 5.75 Å². The summed E-state index contributed by atoms with van der Waals surface area (Å²) >= 11 is 0. The quantitative estimate of drug-likeness (QED) is 0.583. The van der Waals surface area contributed by atoms with Crippen molar-refractivity contribution in [2.75, 3.05) is 20.8 Å². The Kier molecular flexibility index (Phi) is 5.44. The molecule has 0 saturated carbocycles. The third-order valence-electron chi connectivity index (χ3n) is 2.08. The predicted octanol–water partition coefficient (Wildman–Crippen LogP) is 1.34. The van der Waals surface area contributed by atoms with Gasteiger partial charge >= 0.3 is 11.9 Å². The molecule has 0 aromatic heterocycles. The summed E-state index contributed by atoms with van der Waals surface area (Å²) < 4.78 is 14.4. The fourth-order valence-corrected chi connectivity index (χ4v) is 1.17. The molecule has 0 unspecified atom stereocenters. The number of hydrogen-bond acceptors (Lipinski definition) is 5. The van der Waals surface area contributed by atoms with Gasteiger partial charge in [-0.2, -0.15) is 0 Å². The van der Waals surface area contributed by atoms with Crippen molar-refractivity contribution in [3.05, 3.63) is 42.0 Å². The molecule has 5 nitrogen and oxygen atoms in total. The van der Waals surface area contributed by atoms with Gasteiger partial charge < -0.3 is 14.2 Å². The van der Waals surface area contributed by atoms with Crippen molar-refractivity contribution in [2.24, 2.45) is 0 Å². The third kappa shape index (κ3) is 4.29. The molecule has 0 radical (unpaired) electrons. The molecular formula is C13H14O5. The van der Waals surface area contributed by atoms with Crippen LogP contribution in [0.25, 0.3) is 0 Å². The van der Waals surface area contributed by atoms with Gasteiger partial charge in [-0.3, -0.25) is 0 Å². The molecule has 18 heavy (non-hydrogen) atoms. The summed E-state index contributed by atoms with van der Waals surface area (Å²) in [4.78, 5) is 22.5. The SMILES string of the molecule is COC(=O)/C=C(/COc1ccccc1)C(=O)OC. The van der Waals surface area contributed by atoms with E-state index < -0.39 is 11.9 Å². The fraction of sp³-hybridized carbons (Fsp3) is 0.231. The number of benzene rings is 1. The first-order valence-electron chi connectivity index (χ1n) is 5.22. The van der Waals surface area contributed by atoms with Crippen LogP contribution in [0.15, 0.2) is 42.0 Å². The minimum Gasteiger partial charge on any atom is -0.489 e. The maximum absolute atomic E-state index is 11.4. The van der Waals surface area contributed by atoms with E-state index in [2.05, 4.69) is 9.47 Å². The van der Waals surface area contributed by atoms with Gasteiger partial charge in [-0.25, -0.2) is 9.59 Å². The second-order valence-electron chi connectivity index (χ2n) is 3.29. The van der Waals surface area contributed by atoms with Gasteiger partial charge in [0.05, 0.1) is 19.8 Å². The van der Waals surface area contributed by atoms with Crippen LogP contribution in [0.4, 0.5) is 0 Å². The van der Waals surface area contributed by atoms with Crippen LogP contribution in [0.2, 0.25) is 0 Å². The van der Waals surface area contributed by atoms with Crippen molar-refractivity contribution in [2.45, 2.75) is 0 Å². The molecule has 0 fully saturated rings. The minimum absolute atomic E-state index is 0.0637. The number of hydrogen-bond donors (Lipinski definition) is 0. The molecule has 5 heteroatoms. The highest BCUT2D eigenvalue weighted by Gasteiger charge is 2.13. The van der Waals surface area contributed by atoms with Crippen LogP contribution in [0.5, 0.6) is 5.75 Å². The van der Waals surface area contributed by atoms with Gasteiger partial charge in [-0.1, -0.05) is 18.2 Å². The van der Waals surface area contributed by atoms with Crippen molar-refractivity contribution < 1.29 is 23.8 Å². The van der Waals surface area contributed by atoms with Gasteiger partial charge in [-0.15, -0.1) is 0 Å². The first-order chi connectivity index (χ1) is 8.67. The first-order valence-corrected chi connectivity index (χ1v) is 5.22. The number of methoxy groups -OCH3 is 2. The molecule has 1 aromatic rings. The van der Waals surface area contributed by atoms with Crippen LogP contribution in [-0.4, -0.2) is 32.8 Å². The molecule has 0 aliphatic heterocycles. The van der Waals surface area contributed by atoms with Gasteiger partial charge in [0.1, 0.15) is 12.4 Å². The van der Waals surface area contributed by atoms with Gasteiger partial charge in [0.15, 0.2) is 0 Å². The average molecular weight is 250 g/mol. The van der Waals surface area contributed by atoms with Gasteiger partial charge in [0.25, 0.3) is 0 Å². The molecule has 0 N–H and O–H groups in total. The Hall–Kier alpha value is -2.30. The second kappa shape index (κ2) is 7.11. The molecule has 0 aliphatic carbocycles. The molecule has 0 heterocycles. The Balaban J connectivity index is 2.71. The zero-order chi connectivity index (χ0) is 13.4. The van der Waals surface area contributed by atoms with E-state index in [0.29, 0.717) is 5.75 Å². The third-order valence-corrected chi connectivity index (χ3v) is 2.08. The van der Waals surface area contributed by atoms with E-state index in [1.165, 1.54) is 14.2 Å². The predicted molar refractivity (Wildman–Crippen MR) is 64.1 cm³/mol. The molecule has 0 spiro atoms. The number of ether oxygens (including phenoxy) is 3. The lowest BCUT2D eigenvalue weighted by Gasteiger charge is -2.07. The maximum Gasteiger partial charge on any atom is 0.337 e. The lowest BCUT2D eigenvalue weighted by Crippen LogP contribution is -2.15. The molecule has 1 aromatic carbocycles. The number of rotatable bonds is 5. The Bertz CT molecular complexity index is 436. The van der Waals surface area contributed by atoms with E-state index in [1.54, 1.807) is 24.3 Å². The average Bonchev–Trinajstić information content (AvgIpc) is 2.43. The van der Waals surface area contributed by atoms with Crippen LogP contribution in [0.3, 0.4) is 0 Å². The Labute approximate surface area is 105 Å². The Morgan fingerprint density at radius 3 is 2.33 bits per heavy atom. The molecule has 0 atom stereocenters. The molecule has 1 rings (SSSR count). The number of carbonyl (C=O) groups excluding carboxylic acids is 2. The zero-order valence-electron chi connectivity index (χ0n) is 10.2. The fourth-order valence-electron chi connectivity index (χ4n) is 1.17. The van der Waals surface area contributed by atoms with E-state index in [9.17, 15) is 9.59 Å². The van der Waals surface area contributed by atoms with Crippen molar-refractivity contribution in [1.82, 2.24) is 0 Å². The van der Waals surface area contributed by atoms with Crippen LogP contribution >= 0.6 is 0 Å². The summed E-state index contributed by atoms with van der Waals surface area (Å²) in [6.07, 6.45) is 1.05. The standard InChI is InChI=1S/C13H14O5/c1-16-12(14)8-10(13(15)17-2)9-18-11-6-4-3-5-7-11/h3-8H,9H2,1-2H3/b10-8-. The largest absolute Gasteiger partial charge is 0.489 e. The zero-order valence-corrected chi connectivity index (χ0v) is 10.2. The number of esters is 2. The van der Waals surface area contributed by atoms with E-state index in [4.69, 9.17) is 4.74 Å². The highest BCUT2D eigenvalue weighted by Crippen LogP contribution is 2.10. The topological polar surface area (TPSA) is 61.8 Å². The van der Waals surface area contributed by atoms with Gasteiger partial charge in [-0.05, 0) is 12.1 Å². The van der Waals surface area contributed by atoms with Crippen LogP contribution < -0.4 is 4.74 Å². The summed E-state index contributed by atoms with van der Waals surface area (Å²) in [6.45, 7) is -0.0637. The van der Waals surface area contributed by atoms with E-state index in [0.717, 1.165) is 6.08 Å². The lowest BCUT2D eigenvalue weighted by atomic mass is 10.2. The first kappa shape index (κ1) is 13.8.